The van der Waals surface area contributed by atoms with Gasteiger partial charge in [-0.15, -0.1) is 0 Å². The summed E-state index contributed by atoms with van der Waals surface area (Å²) < 4.78 is 13.3. The summed E-state index contributed by atoms with van der Waals surface area (Å²) in [4.78, 5) is 17.7. The molecule has 5 heteroatoms. The molecule has 1 aromatic heterocycles. The van der Waals surface area contributed by atoms with Gasteiger partial charge in [-0.05, 0) is 30.3 Å². The maximum absolute atomic E-state index is 13.3. The molecule has 0 atom stereocenters. The van der Waals surface area contributed by atoms with Gasteiger partial charge in [-0.25, -0.2) is 4.39 Å². The Morgan fingerprint density at radius 3 is 2.79 bits per heavy atom. The van der Waals surface area contributed by atoms with Crippen molar-refractivity contribution in [1.29, 1.82) is 0 Å². The number of benzene rings is 1. The summed E-state index contributed by atoms with van der Waals surface area (Å²) in [6, 6.07) is 9.22. The highest BCUT2D eigenvalue weighted by Crippen LogP contribution is 2.17. The number of pyridine rings is 1. The van der Waals surface area contributed by atoms with Gasteiger partial charge in [0.25, 0.3) is 5.91 Å². The second kappa shape index (κ2) is 6.06. The van der Waals surface area contributed by atoms with Gasteiger partial charge in [0.1, 0.15) is 5.82 Å². The molecular formula is C14H14FN3O. The highest BCUT2D eigenvalue weighted by atomic mass is 19.1. The fourth-order valence-corrected chi connectivity index (χ4v) is 1.77. The van der Waals surface area contributed by atoms with Crippen LogP contribution >= 0.6 is 0 Å². The van der Waals surface area contributed by atoms with E-state index in [0.29, 0.717) is 24.3 Å². The maximum atomic E-state index is 13.3. The van der Waals surface area contributed by atoms with Gasteiger partial charge in [-0.3, -0.25) is 9.78 Å². The average Bonchev–Trinajstić information content (AvgIpc) is 2.45. The van der Waals surface area contributed by atoms with Gasteiger partial charge in [0.15, 0.2) is 0 Å². The van der Waals surface area contributed by atoms with Crippen molar-refractivity contribution >= 4 is 11.6 Å². The van der Waals surface area contributed by atoms with E-state index in [4.69, 9.17) is 5.73 Å². The Labute approximate surface area is 110 Å². The maximum Gasteiger partial charge on any atom is 0.259 e. The molecule has 98 valence electrons. The lowest BCUT2D eigenvalue weighted by Crippen LogP contribution is -2.35. The summed E-state index contributed by atoms with van der Waals surface area (Å²) in [5.74, 6) is -0.636. The van der Waals surface area contributed by atoms with E-state index in [-0.39, 0.29) is 5.91 Å². The first-order valence-electron chi connectivity index (χ1n) is 5.90. The van der Waals surface area contributed by atoms with E-state index in [1.54, 1.807) is 30.5 Å². The van der Waals surface area contributed by atoms with Crippen molar-refractivity contribution in [2.75, 3.05) is 18.0 Å². The number of rotatable bonds is 4. The topological polar surface area (TPSA) is 59.2 Å². The lowest BCUT2D eigenvalue weighted by molar-refractivity contribution is 0.0987. The summed E-state index contributed by atoms with van der Waals surface area (Å²) in [6.45, 7) is 0.611. The zero-order valence-corrected chi connectivity index (χ0v) is 10.3. The lowest BCUT2D eigenvalue weighted by Gasteiger charge is -2.22. The minimum atomic E-state index is -0.390. The Morgan fingerprint density at radius 2 is 2.16 bits per heavy atom. The summed E-state index contributed by atoms with van der Waals surface area (Å²) >= 11 is 0. The van der Waals surface area contributed by atoms with E-state index in [1.165, 1.54) is 23.2 Å². The first-order chi connectivity index (χ1) is 9.22. The fraction of sp³-hybridized carbons (Fsp3) is 0.143. The number of halogens is 1. The molecule has 4 nitrogen and oxygen atoms in total. The first-order valence-corrected chi connectivity index (χ1v) is 5.90. The molecule has 0 radical (unpaired) electrons. The zero-order valence-electron chi connectivity index (χ0n) is 10.3. The van der Waals surface area contributed by atoms with Crippen LogP contribution in [0.1, 0.15) is 10.4 Å². The number of carbonyl (C=O) groups is 1. The number of nitrogens with two attached hydrogens (primary N) is 1. The molecule has 19 heavy (non-hydrogen) atoms. The molecule has 0 saturated heterocycles. The molecule has 0 saturated carbocycles. The second-order valence-electron chi connectivity index (χ2n) is 3.97. The molecule has 2 rings (SSSR count). The summed E-state index contributed by atoms with van der Waals surface area (Å²) in [5, 5.41) is 0. The van der Waals surface area contributed by atoms with Crippen molar-refractivity contribution < 1.29 is 9.18 Å². The molecule has 1 aromatic carbocycles. The predicted molar refractivity (Wildman–Crippen MR) is 71.4 cm³/mol. The summed E-state index contributed by atoms with van der Waals surface area (Å²) in [6.07, 6.45) is 3.07. The van der Waals surface area contributed by atoms with Crippen molar-refractivity contribution in [3.8, 4) is 0 Å². The summed E-state index contributed by atoms with van der Waals surface area (Å²) in [7, 11) is 0. The van der Waals surface area contributed by atoms with Gasteiger partial charge < -0.3 is 10.6 Å². The largest absolute Gasteiger partial charge is 0.329 e. The minimum Gasteiger partial charge on any atom is -0.329 e. The molecule has 0 spiro atoms. The first kappa shape index (κ1) is 13.2. The minimum absolute atomic E-state index is 0.246. The molecule has 1 heterocycles. The fourth-order valence-electron chi connectivity index (χ4n) is 1.77. The van der Waals surface area contributed by atoms with Crippen LogP contribution in [-0.2, 0) is 0 Å². The number of aromatic nitrogens is 1. The van der Waals surface area contributed by atoms with Gasteiger partial charge >= 0.3 is 0 Å². The number of hydrogen-bond donors (Lipinski definition) is 1. The molecule has 0 aliphatic heterocycles. The lowest BCUT2D eigenvalue weighted by atomic mass is 10.2. The van der Waals surface area contributed by atoms with Crippen LogP contribution in [0.5, 0.6) is 0 Å². The number of anilines is 1. The highest BCUT2D eigenvalue weighted by molar-refractivity contribution is 6.05. The van der Waals surface area contributed by atoms with Gasteiger partial charge in [-0.1, -0.05) is 6.07 Å². The SMILES string of the molecule is NCCN(C(=O)c1cccnc1)c1cccc(F)c1. The van der Waals surface area contributed by atoms with Crippen molar-refractivity contribution in [2.45, 2.75) is 0 Å². The van der Waals surface area contributed by atoms with E-state index in [9.17, 15) is 9.18 Å². The molecule has 2 aromatic rings. The third kappa shape index (κ3) is 3.14. The van der Waals surface area contributed by atoms with Gasteiger partial charge in [-0.2, -0.15) is 0 Å². The average molecular weight is 259 g/mol. The predicted octanol–water partition coefficient (Wildman–Crippen LogP) is 1.83. The Balaban J connectivity index is 2.33. The van der Waals surface area contributed by atoms with Crippen LogP contribution in [0.15, 0.2) is 48.8 Å². The van der Waals surface area contributed by atoms with Crippen LogP contribution in [0.25, 0.3) is 0 Å². The zero-order chi connectivity index (χ0) is 13.7. The number of nitrogens with zero attached hydrogens (tertiary/aromatic N) is 2. The van der Waals surface area contributed by atoms with Gasteiger partial charge in [0.05, 0.1) is 5.56 Å². The van der Waals surface area contributed by atoms with Crippen LogP contribution < -0.4 is 10.6 Å². The molecule has 1 amide bonds. The van der Waals surface area contributed by atoms with E-state index in [2.05, 4.69) is 4.98 Å². The van der Waals surface area contributed by atoms with Crippen LogP contribution in [-0.4, -0.2) is 24.0 Å². The van der Waals surface area contributed by atoms with Crippen LogP contribution in [0.2, 0.25) is 0 Å². The van der Waals surface area contributed by atoms with E-state index in [0.717, 1.165) is 0 Å². The Morgan fingerprint density at radius 1 is 1.32 bits per heavy atom. The number of amides is 1. The summed E-state index contributed by atoms with van der Waals surface area (Å²) in [5.41, 5.74) is 6.45. The third-order valence-electron chi connectivity index (χ3n) is 2.63. The van der Waals surface area contributed by atoms with E-state index in [1.807, 2.05) is 0 Å². The number of hydrogen-bond acceptors (Lipinski definition) is 3. The highest BCUT2D eigenvalue weighted by Gasteiger charge is 2.17. The molecule has 0 aliphatic rings. The Hall–Kier alpha value is -2.27. The second-order valence-corrected chi connectivity index (χ2v) is 3.97. The molecule has 0 fully saturated rings. The standard InChI is InChI=1S/C14H14FN3O/c15-12-4-1-5-13(9-12)18(8-6-16)14(19)11-3-2-7-17-10-11/h1-5,7,9-10H,6,8,16H2. The Bertz CT molecular complexity index is 560. The van der Waals surface area contributed by atoms with E-state index >= 15 is 0 Å². The van der Waals surface area contributed by atoms with Crippen molar-refractivity contribution in [3.63, 3.8) is 0 Å². The third-order valence-corrected chi connectivity index (χ3v) is 2.63. The smallest absolute Gasteiger partial charge is 0.259 e. The quantitative estimate of drug-likeness (QED) is 0.911. The van der Waals surface area contributed by atoms with Crippen LogP contribution in [0, 0.1) is 5.82 Å². The molecule has 0 bridgehead atoms. The van der Waals surface area contributed by atoms with Gasteiger partial charge in [0, 0.05) is 31.2 Å². The normalized spacial score (nSPS) is 10.2. The molecule has 0 unspecified atom stereocenters. The van der Waals surface area contributed by atoms with E-state index < -0.39 is 5.82 Å². The van der Waals surface area contributed by atoms with Crippen LogP contribution in [0.3, 0.4) is 0 Å². The molecule has 0 aliphatic carbocycles. The van der Waals surface area contributed by atoms with Crippen molar-refractivity contribution in [2.24, 2.45) is 5.73 Å². The molecular weight excluding hydrogens is 245 g/mol. The Kier molecular flexibility index (Phi) is 4.20. The van der Waals surface area contributed by atoms with Crippen LogP contribution in [0.4, 0.5) is 10.1 Å². The van der Waals surface area contributed by atoms with Crippen molar-refractivity contribution in [3.05, 3.63) is 60.2 Å². The number of carbonyl (C=O) groups excluding carboxylic acids is 1. The monoisotopic (exact) mass is 259 g/mol. The van der Waals surface area contributed by atoms with Crippen molar-refractivity contribution in [1.82, 2.24) is 4.98 Å². The van der Waals surface area contributed by atoms with Gasteiger partial charge in [0.2, 0.25) is 0 Å². The molecule has 2 N–H and O–H groups in total.